The molecule has 50 heavy (non-hydrogen) atoms. The van der Waals surface area contributed by atoms with E-state index in [-0.39, 0.29) is 24.8 Å². The van der Waals surface area contributed by atoms with Crippen molar-refractivity contribution in [1.82, 2.24) is 10.0 Å². The molecule has 4 N–H and O–H groups in total. The van der Waals surface area contributed by atoms with Crippen molar-refractivity contribution in [3.05, 3.63) is 42.6 Å². The first kappa shape index (κ1) is 43.2. The molecule has 1 heterocycles. The lowest BCUT2D eigenvalue weighted by Gasteiger charge is -2.26. The second kappa shape index (κ2) is 24.3. The molecule has 0 aliphatic heterocycles. The summed E-state index contributed by atoms with van der Waals surface area (Å²) in [5.41, 5.74) is 5.78. The Balaban J connectivity index is 1.79. The number of amides is 2. The summed E-state index contributed by atoms with van der Waals surface area (Å²) < 4.78 is 41.2. The smallest absolute Gasteiger partial charge is 0.407 e. The number of fused-ring (bicyclic) bond motifs is 1. The molecule has 0 spiro atoms. The van der Waals surface area contributed by atoms with Gasteiger partial charge in [-0.1, -0.05) is 109 Å². The molecule has 0 aliphatic carbocycles. The minimum Gasteiger partial charge on any atom is -0.446 e. The zero-order valence-corrected chi connectivity index (χ0v) is 32.2. The van der Waals surface area contributed by atoms with Crippen molar-refractivity contribution in [1.29, 1.82) is 0 Å². The Morgan fingerprint density at radius 3 is 2.00 bits per heavy atom. The van der Waals surface area contributed by atoms with E-state index < -0.39 is 33.9 Å². The molecule has 0 bridgehead atoms. The monoisotopic (exact) mass is 719 g/mol. The topological polar surface area (TPSA) is 141 Å². The summed E-state index contributed by atoms with van der Waals surface area (Å²) in [6, 6.07) is 11.7. The predicted octanol–water partition coefficient (Wildman–Crippen LogP) is 8.45. The molecule has 2 unspecified atom stereocenters. The number of primary amides is 1. The molecule has 11 heteroatoms. The number of aryl methyl sites for hydroxylation is 1. The van der Waals surface area contributed by atoms with E-state index in [1.807, 2.05) is 42.6 Å². The lowest BCUT2D eigenvalue weighted by Crippen LogP contribution is -2.42. The van der Waals surface area contributed by atoms with Gasteiger partial charge in [-0.15, -0.1) is 0 Å². The first-order valence-electron chi connectivity index (χ1n) is 19.2. The first-order chi connectivity index (χ1) is 23.9. The normalized spacial score (nSPS) is 13.2. The Bertz CT molecular complexity index is 1340. The number of nitrogens with two attached hydrogens (primary N) is 1. The summed E-state index contributed by atoms with van der Waals surface area (Å²) in [7, 11) is -3.56. The van der Waals surface area contributed by atoms with Crippen LogP contribution in [0.4, 0.5) is 9.59 Å². The number of unbranched alkanes of at least 4 members (excludes halogenated alkanes) is 13. The number of nitrogens with one attached hydrogen (secondary N) is 2. The molecule has 2 amide bonds. The number of sulfonamides is 1. The number of nitrogens with zero attached hydrogens (tertiary/aromatic N) is 1. The Labute approximate surface area is 302 Å². The summed E-state index contributed by atoms with van der Waals surface area (Å²) >= 11 is 0. The van der Waals surface area contributed by atoms with Gasteiger partial charge in [0.2, 0.25) is 15.5 Å². The van der Waals surface area contributed by atoms with Gasteiger partial charge < -0.3 is 20.5 Å². The standard InChI is InChI=1S/C39H66N4O6S/c1-5-6-7-8-9-10-11-12-13-14-15-16-17-18-25-34(42-38(45)49-39(2,3)4)32-35(48-37(40)44)27-28-41-50(46,47)31-22-30-43-29-21-24-33-23-19-20-26-36(33)43/h19-21,23-24,26,29,34-35,41H,5-18,22,25,27-28,30-32H2,1-4H3,(H2-,40,42,44,45)/p+1. The summed E-state index contributed by atoms with van der Waals surface area (Å²) in [4.78, 5) is 24.5. The Hall–Kier alpha value is -2.92. The SMILES string of the molecule is CCCCCCCCCCCCCCCCC(CC(CCNS(=O)(=O)CCC[n+]1cccc2ccccc21)OC(N)=O)NC(=O)OC(C)(C)C. The van der Waals surface area contributed by atoms with E-state index in [9.17, 15) is 18.0 Å². The van der Waals surface area contributed by atoms with Gasteiger partial charge in [0.25, 0.3) is 0 Å². The van der Waals surface area contributed by atoms with Crippen LogP contribution in [-0.4, -0.2) is 50.6 Å². The largest absolute Gasteiger partial charge is 0.446 e. The lowest BCUT2D eigenvalue weighted by molar-refractivity contribution is -0.671. The number of alkyl carbamates (subject to hydrolysis) is 1. The highest BCUT2D eigenvalue weighted by Gasteiger charge is 2.24. The molecule has 0 fully saturated rings. The second-order valence-corrected chi connectivity index (χ2v) is 16.6. The number of para-hydroxylation sites is 1. The van der Waals surface area contributed by atoms with Crippen molar-refractivity contribution in [2.45, 2.75) is 168 Å². The van der Waals surface area contributed by atoms with E-state index in [2.05, 4.69) is 21.5 Å². The average molecular weight is 720 g/mol. The number of aromatic nitrogens is 1. The van der Waals surface area contributed by atoms with Crippen LogP contribution < -0.4 is 20.3 Å². The van der Waals surface area contributed by atoms with E-state index in [0.717, 1.165) is 30.2 Å². The maximum Gasteiger partial charge on any atom is 0.407 e. The van der Waals surface area contributed by atoms with Gasteiger partial charge in [-0.2, -0.15) is 4.57 Å². The lowest BCUT2D eigenvalue weighted by atomic mass is 9.99. The van der Waals surface area contributed by atoms with Crippen LogP contribution in [0.15, 0.2) is 42.6 Å². The van der Waals surface area contributed by atoms with E-state index in [1.54, 1.807) is 20.8 Å². The van der Waals surface area contributed by atoms with Gasteiger partial charge in [-0.05, 0) is 45.7 Å². The van der Waals surface area contributed by atoms with Crippen molar-refractivity contribution < 1.29 is 32.0 Å². The Morgan fingerprint density at radius 2 is 1.40 bits per heavy atom. The van der Waals surface area contributed by atoms with Gasteiger partial charge in [0.1, 0.15) is 18.2 Å². The Kier molecular flexibility index (Phi) is 21.0. The fraction of sp³-hybridized carbons (Fsp3) is 0.718. The van der Waals surface area contributed by atoms with E-state index in [4.69, 9.17) is 15.2 Å². The molecule has 1 aromatic heterocycles. The predicted molar refractivity (Wildman–Crippen MR) is 202 cm³/mol. The van der Waals surface area contributed by atoms with Crippen molar-refractivity contribution >= 4 is 33.1 Å². The summed E-state index contributed by atoms with van der Waals surface area (Å²) in [6.07, 6.45) is 19.1. The third kappa shape index (κ3) is 20.7. The zero-order chi connectivity index (χ0) is 36.7. The molecule has 284 valence electrons. The molecule has 0 radical (unpaired) electrons. The zero-order valence-electron chi connectivity index (χ0n) is 31.4. The molecule has 0 saturated carbocycles. The Morgan fingerprint density at radius 1 is 0.820 bits per heavy atom. The number of rotatable bonds is 27. The van der Waals surface area contributed by atoms with Gasteiger partial charge in [0.05, 0.1) is 5.75 Å². The summed E-state index contributed by atoms with van der Waals surface area (Å²) in [6.45, 7) is 8.32. The van der Waals surface area contributed by atoms with E-state index >= 15 is 0 Å². The summed E-state index contributed by atoms with van der Waals surface area (Å²) in [5.74, 6) is -0.0352. The molecular weight excluding hydrogens is 653 g/mol. The number of carbonyl (C=O) groups excluding carboxylic acids is 2. The van der Waals surface area contributed by atoms with Crippen LogP contribution in [0, 0.1) is 0 Å². The van der Waals surface area contributed by atoms with Crippen LogP contribution in [0.1, 0.15) is 143 Å². The maximum atomic E-state index is 12.8. The molecule has 2 rings (SSSR count). The molecule has 1 aromatic carbocycles. The van der Waals surface area contributed by atoms with Crippen molar-refractivity contribution in [2.24, 2.45) is 5.73 Å². The number of carbonyl (C=O) groups is 2. The molecule has 2 atom stereocenters. The molecule has 0 saturated heterocycles. The van der Waals surface area contributed by atoms with Crippen molar-refractivity contribution in [3.63, 3.8) is 0 Å². The van der Waals surface area contributed by atoms with Gasteiger partial charge >= 0.3 is 12.2 Å². The molecule has 2 aromatic rings. The van der Waals surface area contributed by atoms with Crippen LogP contribution in [-0.2, 0) is 26.0 Å². The number of hydrogen-bond donors (Lipinski definition) is 3. The molecular formula is C39H67N4O6S+. The average Bonchev–Trinajstić information content (AvgIpc) is 3.03. The summed E-state index contributed by atoms with van der Waals surface area (Å²) in [5, 5.41) is 4.05. The van der Waals surface area contributed by atoms with Crippen LogP contribution in [0.3, 0.4) is 0 Å². The number of hydrogen-bond acceptors (Lipinski definition) is 6. The van der Waals surface area contributed by atoms with E-state index in [1.165, 1.54) is 70.6 Å². The highest BCUT2D eigenvalue weighted by Crippen LogP contribution is 2.18. The van der Waals surface area contributed by atoms with Crippen LogP contribution >= 0.6 is 0 Å². The second-order valence-electron chi connectivity index (χ2n) is 14.6. The van der Waals surface area contributed by atoms with Crippen LogP contribution in [0.2, 0.25) is 0 Å². The van der Waals surface area contributed by atoms with Crippen LogP contribution in [0.25, 0.3) is 10.9 Å². The number of pyridine rings is 1. The van der Waals surface area contributed by atoms with Gasteiger partial charge in [0, 0.05) is 42.9 Å². The number of benzene rings is 1. The van der Waals surface area contributed by atoms with Gasteiger partial charge in [-0.3, -0.25) is 0 Å². The fourth-order valence-corrected chi connectivity index (χ4v) is 7.39. The van der Waals surface area contributed by atoms with Gasteiger partial charge in [0.15, 0.2) is 6.20 Å². The first-order valence-corrected chi connectivity index (χ1v) is 20.8. The van der Waals surface area contributed by atoms with E-state index in [0.29, 0.717) is 25.8 Å². The minimum atomic E-state index is -3.56. The maximum absolute atomic E-state index is 12.8. The highest BCUT2D eigenvalue weighted by molar-refractivity contribution is 7.89. The van der Waals surface area contributed by atoms with Gasteiger partial charge in [-0.25, -0.2) is 22.7 Å². The molecule has 0 aliphatic rings. The van der Waals surface area contributed by atoms with Crippen molar-refractivity contribution in [2.75, 3.05) is 12.3 Å². The number of ether oxygens (including phenoxy) is 2. The quantitative estimate of drug-likeness (QED) is 0.0625. The molecule has 10 nitrogen and oxygen atoms in total. The third-order valence-electron chi connectivity index (χ3n) is 8.85. The van der Waals surface area contributed by atoms with Crippen LogP contribution in [0.5, 0.6) is 0 Å². The van der Waals surface area contributed by atoms with Crippen molar-refractivity contribution in [3.8, 4) is 0 Å². The third-order valence-corrected chi connectivity index (χ3v) is 10.3. The fourth-order valence-electron chi connectivity index (χ4n) is 6.30. The highest BCUT2D eigenvalue weighted by atomic mass is 32.2. The minimum absolute atomic E-state index is 0.0352.